The summed E-state index contributed by atoms with van der Waals surface area (Å²) in [5.41, 5.74) is 0.00930. The lowest BCUT2D eigenvalue weighted by atomic mass is 10.2. The minimum absolute atomic E-state index is 0.0969. The molecule has 2 amide bonds. The van der Waals surface area contributed by atoms with Gasteiger partial charge in [-0.2, -0.15) is 0 Å². The van der Waals surface area contributed by atoms with Crippen LogP contribution in [0.2, 0.25) is 0 Å². The third-order valence-corrected chi connectivity index (χ3v) is 2.77. The van der Waals surface area contributed by atoms with Gasteiger partial charge in [-0.05, 0) is 12.1 Å². The average Bonchev–Trinajstić information content (AvgIpc) is 2.52. The number of carbonyl (C=O) groups is 3. The summed E-state index contributed by atoms with van der Waals surface area (Å²) in [6.45, 7) is -1.34. The minimum atomic E-state index is -1.62. The van der Waals surface area contributed by atoms with E-state index in [-0.39, 0.29) is 24.2 Å². The van der Waals surface area contributed by atoms with Crippen molar-refractivity contribution in [1.82, 2.24) is 10.6 Å². The molecule has 10 heteroatoms. The fraction of sp³-hybridized carbons (Fsp3) is 0.308. The molecule has 0 bridgehead atoms. The van der Waals surface area contributed by atoms with Crippen LogP contribution < -0.4 is 10.6 Å². The number of hydrogen-bond acceptors (Lipinski definition) is 5. The summed E-state index contributed by atoms with van der Waals surface area (Å²) >= 11 is 0. The predicted octanol–water partition coefficient (Wildman–Crippen LogP) is 0.254. The lowest BCUT2D eigenvalue weighted by Crippen LogP contribution is -2.43. The molecule has 0 radical (unpaired) electrons. The molecular weight excluding hydrogens is 313 g/mol. The molecule has 0 aliphatic heterocycles. The number of alkyl halides is 1. The van der Waals surface area contributed by atoms with Gasteiger partial charge in [-0.15, -0.1) is 0 Å². The maximum Gasteiger partial charge on any atom is 0.328 e. The first-order valence-corrected chi connectivity index (χ1v) is 6.46. The second-order valence-electron chi connectivity index (χ2n) is 4.42. The van der Waals surface area contributed by atoms with Gasteiger partial charge in [0.1, 0.15) is 6.67 Å². The van der Waals surface area contributed by atoms with Crippen LogP contribution in [0.25, 0.3) is 0 Å². The molecule has 0 saturated heterocycles. The zero-order valence-corrected chi connectivity index (χ0v) is 11.8. The third kappa shape index (κ3) is 5.69. The van der Waals surface area contributed by atoms with E-state index in [9.17, 15) is 28.9 Å². The number of halogens is 1. The number of nitro groups is 1. The number of benzene rings is 1. The molecule has 0 aliphatic rings. The van der Waals surface area contributed by atoms with Crippen molar-refractivity contribution < 1.29 is 28.8 Å². The zero-order valence-electron chi connectivity index (χ0n) is 11.8. The normalized spacial score (nSPS) is 11.3. The molecule has 0 fully saturated rings. The van der Waals surface area contributed by atoms with Crippen molar-refractivity contribution in [2.45, 2.75) is 12.5 Å². The van der Waals surface area contributed by atoms with E-state index >= 15 is 0 Å². The summed E-state index contributed by atoms with van der Waals surface area (Å²) in [6.07, 6.45) is -0.234. The number of nitrogens with zero attached hydrogens (tertiary/aromatic N) is 1. The monoisotopic (exact) mass is 327 g/mol. The molecule has 23 heavy (non-hydrogen) atoms. The Morgan fingerprint density at radius 3 is 2.35 bits per heavy atom. The predicted molar refractivity (Wildman–Crippen MR) is 75.6 cm³/mol. The van der Waals surface area contributed by atoms with Crippen molar-refractivity contribution in [2.75, 3.05) is 13.2 Å². The van der Waals surface area contributed by atoms with Gasteiger partial charge >= 0.3 is 5.97 Å². The van der Waals surface area contributed by atoms with Gasteiger partial charge in [0.2, 0.25) is 5.91 Å². The lowest BCUT2D eigenvalue weighted by Gasteiger charge is -2.11. The summed E-state index contributed by atoms with van der Waals surface area (Å²) in [7, 11) is 0. The minimum Gasteiger partial charge on any atom is -0.480 e. The van der Waals surface area contributed by atoms with Crippen molar-refractivity contribution in [3.63, 3.8) is 0 Å². The van der Waals surface area contributed by atoms with E-state index in [2.05, 4.69) is 5.32 Å². The summed E-state index contributed by atoms with van der Waals surface area (Å²) < 4.78 is 12.3. The number of amides is 2. The Morgan fingerprint density at radius 2 is 1.87 bits per heavy atom. The van der Waals surface area contributed by atoms with Crippen LogP contribution in [0, 0.1) is 10.1 Å². The highest BCUT2D eigenvalue weighted by Crippen LogP contribution is 2.11. The van der Waals surface area contributed by atoms with Crippen LogP contribution in [0.1, 0.15) is 16.8 Å². The molecular formula is C13H14FN3O6. The van der Waals surface area contributed by atoms with Crippen molar-refractivity contribution in [2.24, 2.45) is 0 Å². The first kappa shape index (κ1) is 18.0. The molecule has 0 aromatic heterocycles. The maximum absolute atomic E-state index is 12.3. The van der Waals surface area contributed by atoms with Gasteiger partial charge in [0, 0.05) is 30.7 Å². The number of nitrogens with one attached hydrogen (secondary N) is 2. The van der Waals surface area contributed by atoms with Gasteiger partial charge in [-0.3, -0.25) is 19.7 Å². The van der Waals surface area contributed by atoms with Gasteiger partial charge in [0.05, 0.1) is 4.92 Å². The summed E-state index contributed by atoms with van der Waals surface area (Å²) in [6, 6.07) is 3.24. The molecule has 0 spiro atoms. The van der Waals surface area contributed by atoms with Crippen LogP contribution >= 0.6 is 0 Å². The SMILES string of the molecule is O=C(CCNC(=O)c1ccc([N+](=O)[O-])cc1)NC(CF)C(=O)O. The Balaban J connectivity index is 2.43. The smallest absolute Gasteiger partial charge is 0.328 e. The van der Waals surface area contributed by atoms with Crippen LogP contribution in [-0.4, -0.2) is 47.1 Å². The van der Waals surface area contributed by atoms with Crippen LogP contribution in [0.4, 0.5) is 10.1 Å². The Hall–Kier alpha value is -3.04. The van der Waals surface area contributed by atoms with Crippen LogP contribution in [0.5, 0.6) is 0 Å². The van der Waals surface area contributed by atoms with Gasteiger partial charge in [0.15, 0.2) is 6.04 Å². The summed E-state index contributed by atoms with van der Waals surface area (Å²) in [5, 5.41) is 23.4. The fourth-order valence-corrected chi connectivity index (χ4v) is 1.56. The van der Waals surface area contributed by atoms with Gasteiger partial charge < -0.3 is 15.7 Å². The largest absolute Gasteiger partial charge is 0.480 e. The van der Waals surface area contributed by atoms with Crippen molar-refractivity contribution in [3.8, 4) is 0 Å². The molecule has 1 rings (SSSR count). The Morgan fingerprint density at radius 1 is 1.26 bits per heavy atom. The van der Waals surface area contributed by atoms with Crippen molar-refractivity contribution in [3.05, 3.63) is 39.9 Å². The molecule has 124 valence electrons. The Kier molecular flexibility index (Phi) is 6.59. The van der Waals surface area contributed by atoms with E-state index in [1.54, 1.807) is 0 Å². The zero-order chi connectivity index (χ0) is 17.4. The quantitative estimate of drug-likeness (QED) is 0.462. The number of carboxylic acid groups (broad SMARTS) is 1. The third-order valence-electron chi connectivity index (χ3n) is 2.77. The number of nitro benzene ring substituents is 1. The molecule has 0 aliphatic carbocycles. The van der Waals surface area contributed by atoms with E-state index in [1.165, 1.54) is 24.3 Å². The molecule has 0 saturated carbocycles. The topological polar surface area (TPSA) is 139 Å². The summed E-state index contributed by atoms with van der Waals surface area (Å²) in [4.78, 5) is 43.5. The van der Waals surface area contributed by atoms with Gasteiger partial charge in [0.25, 0.3) is 11.6 Å². The first-order chi connectivity index (χ1) is 10.8. The molecule has 3 N–H and O–H groups in total. The van der Waals surface area contributed by atoms with E-state index in [4.69, 9.17) is 5.11 Å². The molecule has 1 aromatic carbocycles. The number of hydrogen-bond donors (Lipinski definition) is 3. The molecule has 1 unspecified atom stereocenters. The van der Waals surface area contributed by atoms with Crippen LogP contribution in [-0.2, 0) is 9.59 Å². The van der Waals surface area contributed by atoms with E-state index in [0.29, 0.717) is 0 Å². The van der Waals surface area contributed by atoms with E-state index in [1.807, 2.05) is 5.32 Å². The molecule has 1 atom stereocenters. The first-order valence-electron chi connectivity index (χ1n) is 6.46. The number of non-ortho nitro benzene ring substituents is 1. The van der Waals surface area contributed by atoms with Crippen LogP contribution in [0.15, 0.2) is 24.3 Å². The standard InChI is InChI=1S/C13H14FN3O6/c14-7-10(13(20)21)16-11(18)5-6-15-12(19)8-1-3-9(4-2-8)17(22)23/h1-4,10H,5-7H2,(H,15,19)(H,16,18)(H,20,21). The van der Waals surface area contributed by atoms with Crippen molar-refractivity contribution in [1.29, 1.82) is 0 Å². The number of carbonyl (C=O) groups excluding carboxylic acids is 2. The highest BCUT2D eigenvalue weighted by atomic mass is 19.1. The van der Waals surface area contributed by atoms with Gasteiger partial charge in [-0.1, -0.05) is 0 Å². The number of rotatable bonds is 8. The lowest BCUT2D eigenvalue weighted by molar-refractivity contribution is -0.384. The number of aliphatic carboxylic acids is 1. The molecule has 0 heterocycles. The fourth-order valence-electron chi connectivity index (χ4n) is 1.56. The summed E-state index contributed by atoms with van der Waals surface area (Å²) in [5.74, 6) is -2.76. The molecule has 1 aromatic rings. The average molecular weight is 327 g/mol. The van der Waals surface area contributed by atoms with Crippen LogP contribution in [0.3, 0.4) is 0 Å². The Labute approximate surface area is 129 Å². The highest BCUT2D eigenvalue weighted by Gasteiger charge is 2.19. The molecule has 9 nitrogen and oxygen atoms in total. The van der Waals surface area contributed by atoms with E-state index in [0.717, 1.165) is 0 Å². The van der Waals surface area contributed by atoms with E-state index < -0.39 is 35.4 Å². The Bertz CT molecular complexity index is 604. The number of carboxylic acids is 1. The second-order valence-corrected chi connectivity index (χ2v) is 4.42. The maximum atomic E-state index is 12.3. The highest BCUT2D eigenvalue weighted by molar-refractivity contribution is 5.94. The second kappa shape index (κ2) is 8.41. The van der Waals surface area contributed by atoms with Gasteiger partial charge in [-0.25, -0.2) is 9.18 Å². The van der Waals surface area contributed by atoms with Crippen molar-refractivity contribution >= 4 is 23.5 Å².